The van der Waals surface area contributed by atoms with Gasteiger partial charge in [0, 0.05) is 10.9 Å². The Morgan fingerprint density at radius 1 is 0.880 bits per heavy atom. The second-order valence-electron chi connectivity index (χ2n) is 5.51. The van der Waals surface area contributed by atoms with E-state index >= 15 is 0 Å². The number of carbonyl (C=O) groups is 1. The van der Waals surface area contributed by atoms with Crippen molar-refractivity contribution in [2.24, 2.45) is 0 Å². The zero-order valence-corrected chi connectivity index (χ0v) is 15.2. The Bertz CT molecular complexity index is 849. The number of hydrogen-bond acceptors (Lipinski definition) is 2. The van der Waals surface area contributed by atoms with E-state index in [1.54, 1.807) is 6.07 Å². The highest BCUT2D eigenvalue weighted by atomic mass is 79.9. The molecule has 0 aliphatic heterocycles. The molecule has 0 radical (unpaired) electrons. The largest absolute Gasteiger partial charge is 0.492 e. The first-order chi connectivity index (χ1) is 12.2. The lowest BCUT2D eigenvalue weighted by Crippen LogP contribution is -2.14. The Kier molecular flexibility index (Phi) is 5.86. The number of rotatable bonds is 6. The van der Waals surface area contributed by atoms with Gasteiger partial charge in [-0.2, -0.15) is 0 Å². The molecule has 0 bridgehead atoms. The molecule has 3 rings (SSSR count). The molecule has 0 aliphatic rings. The molecule has 0 aromatic heterocycles. The summed E-state index contributed by atoms with van der Waals surface area (Å²) in [6.07, 6.45) is 0.793. The number of carbonyl (C=O) groups excluding carboxylic acids is 1. The molecule has 3 nitrogen and oxygen atoms in total. The fraction of sp³-hybridized carbons (Fsp3) is 0.0952. The van der Waals surface area contributed by atoms with Crippen molar-refractivity contribution in [3.05, 3.63) is 94.5 Å². The van der Waals surface area contributed by atoms with Crippen molar-refractivity contribution in [1.82, 2.24) is 0 Å². The Labute approximate surface area is 155 Å². The maximum atomic E-state index is 12.6. The Morgan fingerprint density at radius 2 is 1.56 bits per heavy atom. The highest BCUT2D eigenvalue weighted by molar-refractivity contribution is 9.10. The number of amides is 1. The summed E-state index contributed by atoms with van der Waals surface area (Å²) in [4.78, 5) is 12.6. The highest BCUT2D eigenvalue weighted by Crippen LogP contribution is 2.24. The summed E-state index contributed by atoms with van der Waals surface area (Å²) in [5, 5.41) is 2.91. The molecular formula is C21H18BrNO2. The van der Waals surface area contributed by atoms with Gasteiger partial charge in [0.25, 0.3) is 5.91 Å². The van der Waals surface area contributed by atoms with Crippen LogP contribution in [0, 0.1) is 0 Å². The summed E-state index contributed by atoms with van der Waals surface area (Å²) in [6.45, 7) is 0.517. The molecule has 0 aliphatic carbocycles. The lowest BCUT2D eigenvalue weighted by atomic mass is 10.1. The number of halogens is 1. The molecule has 25 heavy (non-hydrogen) atoms. The summed E-state index contributed by atoms with van der Waals surface area (Å²) < 4.78 is 6.70. The lowest BCUT2D eigenvalue weighted by molar-refractivity contribution is 0.102. The molecule has 3 aromatic rings. The average molecular weight is 396 g/mol. The monoisotopic (exact) mass is 395 g/mol. The molecule has 1 N–H and O–H groups in total. The van der Waals surface area contributed by atoms with Gasteiger partial charge < -0.3 is 10.1 Å². The van der Waals surface area contributed by atoms with Gasteiger partial charge in [-0.3, -0.25) is 4.79 Å². The zero-order valence-electron chi connectivity index (χ0n) is 13.6. The van der Waals surface area contributed by atoms with Crippen LogP contribution in [0.5, 0.6) is 5.75 Å². The van der Waals surface area contributed by atoms with Crippen LogP contribution in [-0.4, -0.2) is 12.5 Å². The first kappa shape index (κ1) is 17.2. The average Bonchev–Trinajstić information content (AvgIpc) is 2.65. The predicted molar refractivity (Wildman–Crippen MR) is 104 cm³/mol. The van der Waals surface area contributed by atoms with Crippen LogP contribution >= 0.6 is 15.9 Å². The quantitative estimate of drug-likeness (QED) is 0.612. The smallest absolute Gasteiger partial charge is 0.259 e. The Hall–Kier alpha value is -2.59. The van der Waals surface area contributed by atoms with Gasteiger partial charge in [0.1, 0.15) is 5.75 Å². The van der Waals surface area contributed by atoms with Crippen LogP contribution in [0.1, 0.15) is 15.9 Å². The maximum absolute atomic E-state index is 12.6. The van der Waals surface area contributed by atoms with Gasteiger partial charge in [-0.25, -0.2) is 0 Å². The van der Waals surface area contributed by atoms with Crippen molar-refractivity contribution in [3.63, 3.8) is 0 Å². The summed E-state index contributed by atoms with van der Waals surface area (Å²) in [5.41, 5.74) is 2.45. The fourth-order valence-electron chi connectivity index (χ4n) is 2.46. The van der Waals surface area contributed by atoms with Crippen LogP contribution in [-0.2, 0) is 6.42 Å². The number of anilines is 1. The molecular weight excluding hydrogens is 378 g/mol. The van der Waals surface area contributed by atoms with E-state index in [9.17, 15) is 4.79 Å². The third-order valence-electron chi connectivity index (χ3n) is 3.74. The van der Waals surface area contributed by atoms with Crippen LogP contribution < -0.4 is 10.1 Å². The number of benzene rings is 3. The number of ether oxygens (including phenoxy) is 1. The van der Waals surface area contributed by atoms with Crippen molar-refractivity contribution in [2.45, 2.75) is 6.42 Å². The number of para-hydroxylation sites is 2. The van der Waals surface area contributed by atoms with Crippen LogP contribution in [0.15, 0.2) is 83.3 Å². The van der Waals surface area contributed by atoms with E-state index in [4.69, 9.17) is 4.74 Å². The van der Waals surface area contributed by atoms with Crippen LogP contribution in [0.4, 0.5) is 5.69 Å². The Balaban J connectivity index is 1.68. The van der Waals surface area contributed by atoms with Gasteiger partial charge in [-0.05, 0) is 45.8 Å². The second kappa shape index (κ2) is 8.49. The SMILES string of the molecule is O=C(Nc1ccccc1Br)c1ccccc1OCCc1ccccc1. The van der Waals surface area contributed by atoms with Crippen molar-refractivity contribution < 1.29 is 9.53 Å². The van der Waals surface area contributed by atoms with Gasteiger partial charge in [-0.1, -0.05) is 54.6 Å². The van der Waals surface area contributed by atoms with E-state index < -0.39 is 0 Å². The standard InChI is InChI=1S/C21H18BrNO2/c22-18-11-5-6-12-19(18)23-21(24)17-10-4-7-13-20(17)25-15-14-16-8-2-1-3-9-16/h1-13H,14-15H2,(H,23,24). The molecule has 0 atom stereocenters. The van der Waals surface area contributed by atoms with Gasteiger partial charge in [0.2, 0.25) is 0 Å². The first-order valence-electron chi connectivity index (χ1n) is 8.05. The lowest BCUT2D eigenvalue weighted by Gasteiger charge is -2.12. The number of nitrogens with one attached hydrogen (secondary N) is 1. The van der Waals surface area contributed by atoms with E-state index in [2.05, 4.69) is 33.4 Å². The van der Waals surface area contributed by atoms with Crippen LogP contribution in [0.3, 0.4) is 0 Å². The molecule has 0 spiro atoms. The summed E-state index contributed by atoms with van der Waals surface area (Å²) in [6, 6.07) is 24.9. The molecule has 1 amide bonds. The van der Waals surface area contributed by atoms with E-state index in [0.717, 1.165) is 16.6 Å². The molecule has 4 heteroatoms. The van der Waals surface area contributed by atoms with Crippen LogP contribution in [0.2, 0.25) is 0 Å². The fourth-order valence-corrected chi connectivity index (χ4v) is 2.84. The van der Waals surface area contributed by atoms with E-state index in [-0.39, 0.29) is 5.91 Å². The molecule has 0 heterocycles. The van der Waals surface area contributed by atoms with E-state index in [1.807, 2.05) is 60.7 Å². The first-order valence-corrected chi connectivity index (χ1v) is 8.85. The molecule has 3 aromatic carbocycles. The molecule has 0 fully saturated rings. The van der Waals surface area contributed by atoms with Gasteiger partial charge in [0.15, 0.2) is 0 Å². The van der Waals surface area contributed by atoms with Crippen LogP contribution in [0.25, 0.3) is 0 Å². The Morgan fingerprint density at radius 3 is 2.36 bits per heavy atom. The molecule has 0 saturated carbocycles. The highest BCUT2D eigenvalue weighted by Gasteiger charge is 2.13. The molecule has 126 valence electrons. The minimum atomic E-state index is -0.192. The summed E-state index contributed by atoms with van der Waals surface area (Å²) in [7, 11) is 0. The van der Waals surface area contributed by atoms with E-state index in [1.165, 1.54) is 5.56 Å². The third kappa shape index (κ3) is 4.70. The van der Waals surface area contributed by atoms with Crippen molar-refractivity contribution in [1.29, 1.82) is 0 Å². The molecule has 0 unspecified atom stereocenters. The van der Waals surface area contributed by atoms with Gasteiger partial charge in [-0.15, -0.1) is 0 Å². The molecule has 0 saturated heterocycles. The van der Waals surface area contributed by atoms with E-state index in [0.29, 0.717) is 17.9 Å². The summed E-state index contributed by atoms with van der Waals surface area (Å²) in [5.74, 6) is 0.394. The minimum absolute atomic E-state index is 0.192. The topological polar surface area (TPSA) is 38.3 Å². The zero-order chi connectivity index (χ0) is 17.5. The second-order valence-corrected chi connectivity index (χ2v) is 6.37. The maximum Gasteiger partial charge on any atom is 0.259 e. The number of hydrogen-bond donors (Lipinski definition) is 1. The van der Waals surface area contributed by atoms with Crippen molar-refractivity contribution >= 4 is 27.5 Å². The predicted octanol–water partition coefficient (Wildman–Crippen LogP) is 5.32. The third-order valence-corrected chi connectivity index (χ3v) is 4.44. The van der Waals surface area contributed by atoms with Crippen molar-refractivity contribution in [3.8, 4) is 5.75 Å². The minimum Gasteiger partial charge on any atom is -0.492 e. The van der Waals surface area contributed by atoms with Gasteiger partial charge in [0.05, 0.1) is 17.9 Å². The normalized spacial score (nSPS) is 10.3. The summed E-state index contributed by atoms with van der Waals surface area (Å²) >= 11 is 3.44. The van der Waals surface area contributed by atoms with Gasteiger partial charge >= 0.3 is 0 Å². The van der Waals surface area contributed by atoms with Crippen molar-refractivity contribution in [2.75, 3.05) is 11.9 Å².